The first-order valence-corrected chi connectivity index (χ1v) is 7.49. The number of hydrogen-bond donors (Lipinski definition) is 0. The summed E-state index contributed by atoms with van der Waals surface area (Å²) in [4.78, 5) is 36.3. The van der Waals surface area contributed by atoms with Crippen LogP contribution in [0, 0.1) is 0 Å². The van der Waals surface area contributed by atoms with Gasteiger partial charge in [0.2, 0.25) is 0 Å². The summed E-state index contributed by atoms with van der Waals surface area (Å²) >= 11 is 3.17. The molecule has 0 bridgehead atoms. The van der Waals surface area contributed by atoms with Crippen LogP contribution in [0.5, 0.6) is 0 Å². The fourth-order valence-electron chi connectivity index (χ4n) is 2.05. The molecule has 23 heavy (non-hydrogen) atoms. The first-order valence-electron chi connectivity index (χ1n) is 6.57. The smallest absolute Gasteiger partial charge is 0.303 e. The Bertz CT molecular complexity index is 523. The maximum atomic E-state index is 11.3. The fraction of sp³-hybridized carbons (Fsp3) is 0.750. The number of hydrogen-bond acceptors (Lipinski definition) is 8. The van der Waals surface area contributed by atoms with E-state index in [0.717, 1.165) is 13.8 Å². The summed E-state index contributed by atoms with van der Waals surface area (Å²) in [7, 11) is 0. The first kappa shape index (κ1) is 19.2. The Balaban J connectivity index is 3.11. The minimum absolute atomic E-state index is 0.226. The zero-order chi connectivity index (χ0) is 17.6. The maximum absolute atomic E-state index is 11.3. The number of halogens is 1. The van der Waals surface area contributed by atoms with Gasteiger partial charge in [-0.25, -0.2) is 0 Å². The van der Waals surface area contributed by atoms with Gasteiger partial charge in [0.25, 0.3) is 0 Å². The van der Waals surface area contributed by atoms with Crippen molar-refractivity contribution in [1.29, 1.82) is 0 Å². The molecule has 0 aromatic rings. The van der Waals surface area contributed by atoms with Gasteiger partial charge in [-0.1, -0.05) is 21.0 Å². The van der Waals surface area contributed by atoms with Crippen LogP contribution in [0.1, 0.15) is 20.8 Å². The predicted octanol–water partition coefficient (Wildman–Crippen LogP) is 1.21. The van der Waals surface area contributed by atoms with Crippen LogP contribution in [0.25, 0.3) is 10.4 Å². The average Bonchev–Trinajstić information content (AvgIpc) is 2.42. The molecule has 1 aliphatic rings. The molecule has 0 unspecified atom stereocenters. The summed E-state index contributed by atoms with van der Waals surface area (Å²) in [5.74, 6) is -1.86. The third-order valence-electron chi connectivity index (χ3n) is 2.84. The highest BCUT2D eigenvalue weighted by atomic mass is 79.9. The molecule has 0 aromatic carbocycles. The molecular weight excluding hydrogens is 378 g/mol. The molecule has 10 nitrogen and oxygen atoms in total. The van der Waals surface area contributed by atoms with Gasteiger partial charge in [-0.2, -0.15) is 0 Å². The van der Waals surface area contributed by atoms with Crippen molar-refractivity contribution in [1.82, 2.24) is 0 Å². The van der Waals surface area contributed by atoms with Crippen LogP contribution in [0.2, 0.25) is 0 Å². The Hall–Kier alpha value is -1.84. The highest BCUT2D eigenvalue weighted by Gasteiger charge is 2.49. The Morgan fingerprint density at radius 3 is 2.17 bits per heavy atom. The molecule has 1 saturated heterocycles. The summed E-state index contributed by atoms with van der Waals surface area (Å²) in [6, 6.07) is -0.971. The van der Waals surface area contributed by atoms with E-state index in [1.165, 1.54) is 6.92 Å². The van der Waals surface area contributed by atoms with Gasteiger partial charge >= 0.3 is 17.9 Å². The van der Waals surface area contributed by atoms with Crippen LogP contribution in [0.3, 0.4) is 0 Å². The van der Waals surface area contributed by atoms with Gasteiger partial charge in [0.05, 0.1) is 0 Å². The molecule has 1 heterocycles. The molecule has 0 aliphatic carbocycles. The van der Waals surface area contributed by atoms with Gasteiger partial charge in [-0.05, 0) is 5.53 Å². The van der Waals surface area contributed by atoms with Crippen LogP contribution in [-0.2, 0) is 33.3 Å². The molecule has 1 aliphatic heterocycles. The molecule has 1 rings (SSSR count). The van der Waals surface area contributed by atoms with Crippen molar-refractivity contribution in [2.24, 2.45) is 5.11 Å². The summed E-state index contributed by atoms with van der Waals surface area (Å²) in [6.45, 7) is 3.31. The van der Waals surface area contributed by atoms with E-state index in [1.54, 1.807) is 0 Å². The minimum Gasteiger partial charge on any atom is -0.463 e. The van der Waals surface area contributed by atoms with E-state index in [1.807, 2.05) is 0 Å². The van der Waals surface area contributed by atoms with Crippen molar-refractivity contribution in [2.45, 2.75) is 50.1 Å². The van der Waals surface area contributed by atoms with Crippen molar-refractivity contribution < 1.29 is 33.3 Å². The number of rotatable bonds is 5. The lowest BCUT2D eigenvalue weighted by atomic mass is 9.98. The Morgan fingerprint density at radius 2 is 1.70 bits per heavy atom. The molecule has 0 radical (unpaired) electrons. The molecular formula is C12H16BrN3O7. The minimum atomic E-state index is -1.10. The Morgan fingerprint density at radius 1 is 1.13 bits per heavy atom. The fourth-order valence-corrected chi connectivity index (χ4v) is 2.74. The van der Waals surface area contributed by atoms with Crippen molar-refractivity contribution in [2.75, 3.05) is 6.61 Å². The molecule has 1 fully saturated rings. The highest BCUT2D eigenvalue weighted by Crippen LogP contribution is 2.31. The molecule has 11 heteroatoms. The van der Waals surface area contributed by atoms with Crippen molar-refractivity contribution >= 4 is 33.8 Å². The molecule has 5 atom stereocenters. The zero-order valence-electron chi connectivity index (χ0n) is 12.7. The van der Waals surface area contributed by atoms with E-state index >= 15 is 0 Å². The quantitative estimate of drug-likeness (QED) is 0.171. The second-order valence-corrected chi connectivity index (χ2v) is 5.57. The standard InChI is InChI=1S/C12H16BrN3O7/c1-5(17)20-4-8-10(21-6(2)18)11(22-7(3)19)9(15-16-14)12(13)23-8/h8-12H,4H2,1-3H3/t8-,9-,10+,11-,12-/m1/s1. The first-order chi connectivity index (χ1) is 10.8. The van der Waals surface area contributed by atoms with Crippen LogP contribution in [0.15, 0.2) is 5.11 Å². The highest BCUT2D eigenvalue weighted by molar-refractivity contribution is 9.09. The van der Waals surface area contributed by atoms with E-state index in [0.29, 0.717) is 0 Å². The molecule has 0 saturated carbocycles. The van der Waals surface area contributed by atoms with Crippen LogP contribution < -0.4 is 0 Å². The van der Waals surface area contributed by atoms with E-state index < -0.39 is 47.3 Å². The number of alkyl halides is 1. The number of esters is 3. The van der Waals surface area contributed by atoms with Gasteiger partial charge in [-0.3, -0.25) is 14.4 Å². The van der Waals surface area contributed by atoms with Crippen LogP contribution in [-0.4, -0.2) is 53.9 Å². The van der Waals surface area contributed by atoms with Gasteiger partial charge in [0.1, 0.15) is 23.8 Å². The number of azide groups is 1. The number of nitrogens with zero attached hydrogens (tertiary/aromatic N) is 3. The predicted molar refractivity (Wildman–Crippen MR) is 78.3 cm³/mol. The topological polar surface area (TPSA) is 137 Å². The normalized spacial score (nSPS) is 29.8. The molecule has 0 N–H and O–H groups in total. The largest absolute Gasteiger partial charge is 0.463 e. The van der Waals surface area contributed by atoms with Gasteiger partial charge < -0.3 is 18.9 Å². The number of carbonyl (C=O) groups excluding carboxylic acids is 3. The second-order valence-electron chi connectivity index (χ2n) is 4.67. The van der Waals surface area contributed by atoms with Crippen molar-refractivity contribution in [3.8, 4) is 0 Å². The average molecular weight is 394 g/mol. The van der Waals surface area contributed by atoms with Gasteiger partial charge in [0.15, 0.2) is 12.2 Å². The monoisotopic (exact) mass is 393 g/mol. The lowest BCUT2D eigenvalue weighted by Gasteiger charge is -2.41. The van der Waals surface area contributed by atoms with E-state index in [-0.39, 0.29) is 6.61 Å². The lowest BCUT2D eigenvalue weighted by Crippen LogP contribution is -2.59. The summed E-state index contributed by atoms with van der Waals surface area (Å²) in [6.07, 6.45) is -3.09. The van der Waals surface area contributed by atoms with E-state index in [9.17, 15) is 14.4 Å². The SMILES string of the molecule is CC(=O)OC[C@H]1O[C@@H](Br)[C@H](N=[N+]=[N-])[C@@H](OC(C)=O)[C@H]1OC(C)=O. The van der Waals surface area contributed by atoms with Gasteiger partial charge in [-0.15, -0.1) is 0 Å². The number of carbonyl (C=O) groups is 3. The van der Waals surface area contributed by atoms with E-state index in [4.69, 9.17) is 24.5 Å². The third kappa shape index (κ3) is 5.70. The van der Waals surface area contributed by atoms with Crippen molar-refractivity contribution in [3.63, 3.8) is 0 Å². The van der Waals surface area contributed by atoms with Gasteiger partial charge in [0, 0.05) is 25.7 Å². The lowest BCUT2D eigenvalue weighted by molar-refractivity contribution is -0.208. The maximum Gasteiger partial charge on any atom is 0.303 e. The summed E-state index contributed by atoms with van der Waals surface area (Å²) in [5.41, 5.74) is 8.66. The molecule has 128 valence electrons. The van der Waals surface area contributed by atoms with E-state index in [2.05, 4.69) is 26.0 Å². The molecule has 0 aromatic heterocycles. The Labute approximate surface area is 140 Å². The van der Waals surface area contributed by atoms with Crippen molar-refractivity contribution in [3.05, 3.63) is 10.4 Å². The Kier molecular flexibility index (Phi) is 7.27. The molecule has 0 amide bonds. The van der Waals surface area contributed by atoms with Crippen LogP contribution >= 0.6 is 15.9 Å². The number of ether oxygens (including phenoxy) is 4. The zero-order valence-corrected chi connectivity index (χ0v) is 14.3. The second kappa shape index (κ2) is 8.70. The summed E-state index contributed by atoms with van der Waals surface area (Å²) in [5, 5.41) is 2.69. The third-order valence-corrected chi connectivity index (χ3v) is 3.60. The van der Waals surface area contributed by atoms with Crippen LogP contribution in [0.4, 0.5) is 0 Å². The molecule has 0 spiro atoms. The summed E-state index contributed by atoms with van der Waals surface area (Å²) < 4.78 is 20.7.